The van der Waals surface area contributed by atoms with E-state index < -0.39 is 5.60 Å². The van der Waals surface area contributed by atoms with Crippen molar-refractivity contribution in [2.75, 3.05) is 19.5 Å². The normalized spacial score (nSPS) is 12.2. The van der Waals surface area contributed by atoms with Gasteiger partial charge in [0.05, 0.1) is 23.2 Å². The summed E-state index contributed by atoms with van der Waals surface area (Å²) in [5, 5.41) is 9.98. The highest BCUT2D eigenvalue weighted by molar-refractivity contribution is 5.79. The first-order chi connectivity index (χ1) is 9.90. The lowest BCUT2D eigenvalue weighted by Gasteiger charge is -2.19. The summed E-state index contributed by atoms with van der Waals surface area (Å²) in [5.41, 5.74) is 8.27. The number of aryl methyl sites for hydroxylation is 1. The molecule has 3 N–H and O–H groups in total. The van der Waals surface area contributed by atoms with E-state index in [0.717, 1.165) is 36.9 Å². The quantitative estimate of drug-likeness (QED) is 0.768. The number of methoxy groups -OCH3 is 1. The molecule has 0 amide bonds. The zero-order valence-corrected chi connectivity index (χ0v) is 13.1. The van der Waals surface area contributed by atoms with Crippen LogP contribution in [0.4, 0.5) is 5.95 Å². The van der Waals surface area contributed by atoms with E-state index in [4.69, 9.17) is 10.5 Å². The minimum atomic E-state index is -0.819. The highest BCUT2D eigenvalue weighted by Gasteiger charge is 2.17. The lowest BCUT2D eigenvalue weighted by Crippen LogP contribution is -2.26. The predicted octanol–water partition coefficient (Wildman–Crippen LogP) is 2.36. The summed E-state index contributed by atoms with van der Waals surface area (Å²) in [6.07, 6.45) is 3.17. The van der Waals surface area contributed by atoms with E-state index in [1.165, 1.54) is 5.56 Å². The van der Waals surface area contributed by atoms with Crippen LogP contribution in [-0.2, 0) is 17.7 Å². The maximum absolute atomic E-state index is 9.98. The molecule has 5 heteroatoms. The van der Waals surface area contributed by atoms with E-state index >= 15 is 0 Å². The van der Waals surface area contributed by atoms with Crippen LogP contribution in [0.5, 0.6) is 0 Å². The summed E-state index contributed by atoms with van der Waals surface area (Å²) in [4.78, 5) is 4.41. The number of nitrogens with zero attached hydrogens (tertiary/aromatic N) is 2. The minimum Gasteiger partial charge on any atom is -0.389 e. The monoisotopic (exact) mass is 291 g/mol. The molecule has 0 unspecified atom stereocenters. The van der Waals surface area contributed by atoms with E-state index in [2.05, 4.69) is 17.1 Å². The molecule has 0 radical (unpaired) electrons. The third kappa shape index (κ3) is 4.19. The molecule has 0 fully saturated rings. The molecule has 0 aliphatic carbocycles. The van der Waals surface area contributed by atoms with Gasteiger partial charge in [0, 0.05) is 13.7 Å². The van der Waals surface area contributed by atoms with Crippen molar-refractivity contribution in [2.24, 2.45) is 0 Å². The lowest BCUT2D eigenvalue weighted by molar-refractivity contribution is 0.0633. The van der Waals surface area contributed by atoms with Crippen LogP contribution in [0.25, 0.3) is 11.0 Å². The topological polar surface area (TPSA) is 73.3 Å². The standard InChI is InChI=1S/C16H25N3O2/c1-16(2,20)11-19-14-8-7-12(6-4-5-9-21-3)10-13(14)18-15(19)17/h7-8,10,20H,4-6,9,11H2,1-3H3,(H2,17,18). The Hall–Kier alpha value is -1.59. The maximum atomic E-state index is 9.98. The Balaban J connectivity index is 2.17. The van der Waals surface area contributed by atoms with Crippen molar-refractivity contribution in [3.05, 3.63) is 23.8 Å². The molecule has 0 aliphatic heterocycles. The van der Waals surface area contributed by atoms with Crippen LogP contribution in [0, 0.1) is 0 Å². The molecule has 1 aromatic carbocycles. The molecule has 2 rings (SSSR count). The van der Waals surface area contributed by atoms with Crippen molar-refractivity contribution >= 4 is 17.0 Å². The molecule has 116 valence electrons. The van der Waals surface area contributed by atoms with Crippen molar-refractivity contribution < 1.29 is 9.84 Å². The third-order valence-electron chi connectivity index (χ3n) is 3.45. The predicted molar refractivity (Wildman–Crippen MR) is 85.3 cm³/mol. The smallest absolute Gasteiger partial charge is 0.201 e. The molecular formula is C16H25N3O2. The van der Waals surface area contributed by atoms with E-state index in [9.17, 15) is 5.11 Å². The zero-order valence-electron chi connectivity index (χ0n) is 13.1. The van der Waals surface area contributed by atoms with Crippen LogP contribution >= 0.6 is 0 Å². The fraction of sp³-hybridized carbons (Fsp3) is 0.562. The molecular weight excluding hydrogens is 266 g/mol. The molecule has 2 aromatic rings. The van der Waals surface area contributed by atoms with Crippen molar-refractivity contribution in [2.45, 2.75) is 45.3 Å². The number of hydrogen-bond acceptors (Lipinski definition) is 4. The highest BCUT2D eigenvalue weighted by Crippen LogP contribution is 2.22. The Morgan fingerprint density at radius 1 is 1.33 bits per heavy atom. The summed E-state index contributed by atoms with van der Waals surface area (Å²) in [6.45, 7) is 4.77. The van der Waals surface area contributed by atoms with Crippen LogP contribution in [0.1, 0.15) is 32.3 Å². The first-order valence-electron chi connectivity index (χ1n) is 7.37. The molecule has 0 atom stereocenters. The number of nitrogen functional groups attached to an aromatic ring is 1. The maximum Gasteiger partial charge on any atom is 0.201 e. The number of rotatable bonds is 7. The molecule has 1 aromatic heterocycles. The van der Waals surface area contributed by atoms with Gasteiger partial charge in [-0.25, -0.2) is 4.98 Å². The van der Waals surface area contributed by atoms with Crippen molar-refractivity contribution in [3.8, 4) is 0 Å². The first-order valence-corrected chi connectivity index (χ1v) is 7.37. The minimum absolute atomic E-state index is 0.433. The van der Waals surface area contributed by atoms with Gasteiger partial charge in [0.1, 0.15) is 0 Å². The van der Waals surface area contributed by atoms with Gasteiger partial charge in [0.2, 0.25) is 5.95 Å². The molecule has 5 nitrogen and oxygen atoms in total. The number of unbranched alkanes of at least 4 members (excludes halogenated alkanes) is 1. The van der Waals surface area contributed by atoms with Gasteiger partial charge in [-0.05, 0) is 50.8 Å². The van der Waals surface area contributed by atoms with E-state index in [1.807, 2.05) is 10.6 Å². The van der Waals surface area contributed by atoms with Gasteiger partial charge in [0.15, 0.2) is 0 Å². The van der Waals surface area contributed by atoms with Gasteiger partial charge in [0.25, 0.3) is 0 Å². The largest absolute Gasteiger partial charge is 0.389 e. The van der Waals surface area contributed by atoms with Crippen LogP contribution in [0.3, 0.4) is 0 Å². The van der Waals surface area contributed by atoms with Gasteiger partial charge in [-0.2, -0.15) is 0 Å². The summed E-state index contributed by atoms with van der Waals surface area (Å²) in [7, 11) is 1.73. The Morgan fingerprint density at radius 2 is 2.10 bits per heavy atom. The van der Waals surface area contributed by atoms with E-state index in [-0.39, 0.29) is 0 Å². The van der Waals surface area contributed by atoms with E-state index in [1.54, 1.807) is 21.0 Å². The number of benzene rings is 1. The van der Waals surface area contributed by atoms with Gasteiger partial charge >= 0.3 is 0 Å². The second-order valence-electron chi connectivity index (χ2n) is 6.14. The Morgan fingerprint density at radius 3 is 2.76 bits per heavy atom. The fourth-order valence-electron chi connectivity index (χ4n) is 2.48. The number of anilines is 1. The number of aromatic nitrogens is 2. The van der Waals surface area contributed by atoms with Crippen LogP contribution < -0.4 is 5.73 Å². The summed E-state index contributed by atoms with van der Waals surface area (Å²) >= 11 is 0. The van der Waals surface area contributed by atoms with Gasteiger partial charge in [-0.3, -0.25) is 0 Å². The molecule has 0 saturated heterocycles. The number of nitrogens with two attached hydrogens (primary N) is 1. The van der Waals surface area contributed by atoms with Crippen molar-refractivity contribution in [1.29, 1.82) is 0 Å². The molecule has 0 saturated carbocycles. The SMILES string of the molecule is COCCCCc1ccc2c(c1)nc(N)n2CC(C)(C)O. The third-order valence-corrected chi connectivity index (χ3v) is 3.45. The number of imidazole rings is 1. The number of fused-ring (bicyclic) bond motifs is 1. The molecule has 21 heavy (non-hydrogen) atoms. The van der Waals surface area contributed by atoms with Crippen LogP contribution in [0.15, 0.2) is 18.2 Å². The summed E-state index contributed by atoms with van der Waals surface area (Å²) < 4.78 is 6.92. The average molecular weight is 291 g/mol. The Labute approximate surface area is 125 Å². The number of ether oxygens (including phenoxy) is 1. The Bertz CT molecular complexity index is 599. The van der Waals surface area contributed by atoms with Crippen LogP contribution in [0.2, 0.25) is 0 Å². The summed E-state index contributed by atoms with van der Waals surface area (Å²) in [6, 6.07) is 6.23. The lowest BCUT2D eigenvalue weighted by atomic mass is 10.1. The second-order valence-corrected chi connectivity index (χ2v) is 6.14. The number of aliphatic hydroxyl groups is 1. The molecule has 0 bridgehead atoms. The van der Waals surface area contributed by atoms with E-state index in [0.29, 0.717) is 12.5 Å². The Kier molecular flexibility index (Phi) is 4.85. The van der Waals surface area contributed by atoms with Gasteiger partial charge in [-0.15, -0.1) is 0 Å². The van der Waals surface area contributed by atoms with Gasteiger partial charge in [-0.1, -0.05) is 6.07 Å². The molecule has 0 aliphatic rings. The highest BCUT2D eigenvalue weighted by atomic mass is 16.5. The fourth-order valence-corrected chi connectivity index (χ4v) is 2.48. The molecule has 0 spiro atoms. The van der Waals surface area contributed by atoms with Crippen molar-refractivity contribution in [3.63, 3.8) is 0 Å². The molecule has 1 heterocycles. The summed E-state index contributed by atoms with van der Waals surface area (Å²) in [5.74, 6) is 0.448. The zero-order chi connectivity index (χ0) is 15.5. The number of hydrogen-bond donors (Lipinski definition) is 2. The average Bonchev–Trinajstić information content (AvgIpc) is 2.69. The van der Waals surface area contributed by atoms with Crippen LogP contribution in [-0.4, -0.2) is 34.0 Å². The second kappa shape index (κ2) is 6.45. The van der Waals surface area contributed by atoms with Gasteiger partial charge < -0.3 is 20.1 Å². The first kappa shape index (κ1) is 15.8. The van der Waals surface area contributed by atoms with Crippen molar-refractivity contribution in [1.82, 2.24) is 9.55 Å².